The van der Waals surface area contributed by atoms with E-state index in [1.807, 2.05) is 59.0 Å². The molecule has 32 heavy (non-hydrogen) atoms. The Morgan fingerprint density at radius 2 is 1.81 bits per heavy atom. The molecular formula is C23H25N7O2. The van der Waals surface area contributed by atoms with E-state index in [2.05, 4.69) is 27.3 Å². The molecule has 1 fully saturated rings. The van der Waals surface area contributed by atoms with E-state index in [1.54, 1.807) is 6.26 Å². The molecule has 1 aliphatic heterocycles. The minimum Gasteiger partial charge on any atom is -0.467 e. The average molecular weight is 432 g/mol. The molecule has 1 saturated heterocycles. The van der Waals surface area contributed by atoms with Gasteiger partial charge in [-0.2, -0.15) is 10.2 Å². The number of nitrogens with one attached hydrogen (secondary N) is 1. The van der Waals surface area contributed by atoms with Gasteiger partial charge in [0.15, 0.2) is 5.82 Å². The van der Waals surface area contributed by atoms with Crippen LogP contribution in [-0.4, -0.2) is 57.1 Å². The molecule has 164 valence electrons. The van der Waals surface area contributed by atoms with Gasteiger partial charge < -0.3 is 19.5 Å². The summed E-state index contributed by atoms with van der Waals surface area (Å²) in [6, 6.07) is 13.6. The summed E-state index contributed by atoms with van der Waals surface area (Å²) < 4.78 is 7.22. The first kappa shape index (κ1) is 20.0. The smallest absolute Gasteiger partial charge is 0.317 e. The van der Waals surface area contributed by atoms with Crippen LogP contribution in [0.2, 0.25) is 0 Å². The fourth-order valence-electron chi connectivity index (χ4n) is 4.15. The number of anilines is 1. The highest BCUT2D eigenvalue weighted by Gasteiger charge is 2.26. The Morgan fingerprint density at radius 1 is 1.03 bits per heavy atom. The van der Waals surface area contributed by atoms with Crippen LogP contribution >= 0.6 is 0 Å². The third-order valence-corrected chi connectivity index (χ3v) is 5.85. The topological polar surface area (TPSA) is 92.3 Å². The summed E-state index contributed by atoms with van der Waals surface area (Å²) in [6.07, 6.45) is 1.60. The zero-order chi connectivity index (χ0) is 22.1. The fraction of sp³-hybridized carbons (Fsp3) is 0.304. The van der Waals surface area contributed by atoms with E-state index in [0.29, 0.717) is 32.7 Å². The van der Waals surface area contributed by atoms with E-state index in [1.165, 1.54) is 0 Å². The summed E-state index contributed by atoms with van der Waals surface area (Å²) in [5.74, 6) is 1.50. The number of rotatable bonds is 4. The first-order valence-corrected chi connectivity index (χ1v) is 10.7. The molecule has 1 aliphatic rings. The average Bonchev–Trinajstić information content (AvgIpc) is 3.47. The summed E-state index contributed by atoms with van der Waals surface area (Å²) in [7, 11) is 0. The molecule has 3 aromatic heterocycles. The molecule has 0 aliphatic carbocycles. The highest BCUT2D eigenvalue weighted by atomic mass is 16.3. The van der Waals surface area contributed by atoms with Gasteiger partial charge in [-0.3, -0.25) is 0 Å². The Hall–Kier alpha value is -3.88. The number of furan rings is 1. The van der Waals surface area contributed by atoms with Gasteiger partial charge in [-0.05, 0) is 38.1 Å². The lowest BCUT2D eigenvalue weighted by Gasteiger charge is -2.35. The molecule has 1 aromatic carbocycles. The lowest BCUT2D eigenvalue weighted by molar-refractivity contribution is 0.193. The van der Waals surface area contributed by atoms with Crippen molar-refractivity contribution in [3.05, 3.63) is 65.9 Å². The van der Waals surface area contributed by atoms with E-state index in [4.69, 9.17) is 9.52 Å². The van der Waals surface area contributed by atoms with Gasteiger partial charge >= 0.3 is 6.03 Å². The van der Waals surface area contributed by atoms with Crippen LogP contribution in [0, 0.1) is 13.8 Å². The van der Waals surface area contributed by atoms with Gasteiger partial charge in [-0.25, -0.2) is 9.48 Å². The number of carbonyl (C=O) groups excluding carboxylic acids is 1. The van der Waals surface area contributed by atoms with Gasteiger partial charge in [0.1, 0.15) is 11.3 Å². The molecule has 5 rings (SSSR count). The quantitative estimate of drug-likeness (QED) is 0.534. The van der Waals surface area contributed by atoms with Crippen LogP contribution in [0.3, 0.4) is 0 Å². The van der Waals surface area contributed by atoms with Crippen LogP contribution in [0.15, 0.2) is 53.1 Å². The molecule has 0 radical (unpaired) electrons. The number of benzene rings is 1. The molecule has 0 saturated carbocycles. The second-order valence-electron chi connectivity index (χ2n) is 7.88. The van der Waals surface area contributed by atoms with Crippen molar-refractivity contribution in [3.8, 4) is 5.69 Å². The number of hydrogen-bond acceptors (Lipinski definition) is 6. The molecule has 4 aromatic rings. The number of piperazine rings is 1. The summed E-state index contributed by atoms with van der Waals surface area (Å²) in [5.41, 5.74) is 3.74. The van der Waals surface area contributed by atoms with Gasteiger partial charge in [-0.1, -0.05) is 18.2 Å². The largest absolute Gasteiger partial charge is 0.467 e. The summed E-state index contributed by atoms with van der Waals surface area (Å²) in [5, 5.41) is 17.7. The van der Waals surface area contributed by atoms with Crippen LogP contribution < -0.4 is 10.2 Å². The molecule has 9 nitrogen and oxygen atoms in total. The van der Waals surface area contributed by atoms with Gasteiger partial charge in [0.05, 0.1) is 35.3 Å². The first-order chi connectivity index (χ1) is 15.6. The van der Waals surface area contributed by atoms with Crippen molar-refractivity contribution in [2.24, 2.45) is 0 Å². The maximum atomic E-state index is 12.5. The molecule has 0 spiro atoms. The number of hydrogen-bond donors (Lipinski definition) is 1. The molecule has 9 heteroatoms. The lowest BCUT2D eigenvalue weighted by Crippen LogP contribution is -2.52. The van der Waals surface area contributed by atoms with Crippen LogP contribution in [0.5, 0.6) is 0 Å². The Morgan fingerprint density at radius 3 is 2.53 bits per heavy atom. The summed E-state index contributed by atoms with van der Waals surface area (Å²) in [4.78, 5) is 16.5. The van der Waals surface area contributed by atoms with Crippen molar-refractivity contribution < 1.29 is 9.21 Å². The zero-order valence-corrected chi connectivity index (χ0v) is 18.2. The van der Waals surface area contributed by atoms with Crippen molar-refractivity contribution in [1.29, 1.82) is 0 Å². The third-order valence-electron chi connectivity index (χ3n) is 5.85. The Bertz CT molecular complexity index is 1230. The number of aryl methyl sites for hydroxylation is 2. The monoisotopic (exact) mass is 431 g/mol. The number of amides is 2. The van der Waals surface area contributed by atoms with E-state index in [9.17, 15) is 4.79 Å². The standard InChI is InChI=1S/C23H25N7O2/c1-16-20-17(2)30(18-7-4-3-5-8-18)27-21(20)22(26-25-16)28-10-12-29(13-11-28)23(31)24-15-19-9-6-14-32-19/h3-9,14H,10-13,15H2,1-2H3,(H,24,31). The SMILES string of the molecule is Cc1nnc(N2CCN(C(=O)NCc3ccco3)CC2)c2nn(-c3ccccc3)c(C)c12. The Labute approximate surface area is 185 Å². The number of nitrogens with zero attached hydrogens (tertiary/aromatic N) is 6. The highest BCUT2D eigenvalue weighted by Crippen LogP contribution is 2.29. The Kier molecular flexibility index (Phi) is 5.22. The van der Waals surface area contributed by atoms with Gasteiger partial charge in [0.25, 0.3) is 0 Å². The highest BCUT2D eigenvalue weighted by molar-refractivity contribution is 5.92. The predicted molar refractivity (Wildman–Crippen MR) is 121 cm³/mol. The van der Waals surface area contributed by atoms with Crippen LogP contribution in [0.4, 0.5) is 10.6 Å². The van der Waals surface area contributed by atoms with E-state index in [0.717, 1.165) is 39.6 Å². The van der Waals surface area contributed by atoms with Crippen molar-refractivity contribution in [2.75, 3.05) is 31.1 Å². The lowest BCUT2D eigenvalue weighted by atomic mass is 10.2. The summed E-state index contributed by atoms with van der Waals surface area (Å²) >= 11 is 0. The van der Waals surface area contributed by atoms with Crippen LogP contribution in [0.1, 0.15) is 17.1 Å². The van der Waals surface area contributed by atoms with Crippen LogP contribution in [0.25, 0.3) is 16.6 Å². The fourth-order valence-corrected chi connectivity index (χ4v) is 4.15. The number of para-hydroxylation sites is 1. The first-order valence-electron chi connectivity index (χ1n) is 10.7. The predicted octanol–water partition coefficient (Wildman–Crippen LogP) is 3.06. The molecule has 0 bridgehead atoms. The van der Waals surface area contributed by atoms with E-state index < -0.39 is 0 Å². The van der Waals surface area contributed by atoms with Gasteiger partial charge in [0, 0.05) is 26.2 Å². The molecule has 1 N–H and O–H groups in total. The normalized spacial score (nSPS) is 14.2. The minimum absolute atomic E-state index is 0.0922. The number of fused-ring (bicyclic) bond motifs is 1. The second-order valence-corrected chi connectivity index (χ2v) is 7.88. The maximum Gasteiger partial charge on any atom is 0.317 e. The van der Waals surface area contributed by atoms with Gasteiger partial charge in [0.2, 0.25) is 0 Å². The number of urea groups is 1. The van der Waals surface area contributed by atoms with Crippen molar-refractivity contribution in [3.63, 3.8) is 0 Å². The molecule has 0 unspecified atom stereocenters. The molecule has 4 heterocycles. The van der Waals surface area contributed by atoms with E-state index in [-0.39, 0.29) is 6.03 Å². The molecule has 2 amide bonds. The van der Waals surface area contributed by atoms with Crippen molar-refractivity contribution >= 4 is 22.8 Å². The summed E-state index contributed by atoms with van der Waals surface area (Å²) in [6.45, 7) is 6.92. The van der Waals surface area contributed by atoms with Crippen LogP contribution in [-0.2, 0) is 6.54 Å². The third kappa shape index (κ3) is 3.66. The Balaban J connectivity index is 1.34. The second kappa shape index (κ2) is 8.33. The molecule has 0 atom stereocenters. The zero-order valence-electron chi connectivity index (χ0n) is 18.2. The van der Waals surface area contributed by atoms with Crippen molar-refractivity contribution in [1.82, 2.24) is 30.2 Å². The number of aromatic nitrogens is 4. The van der Waals surface area contributed by atoms with Crippen molar-refractivity contribution in [2.45, 2.75) is 20.4 Å². The maximum absolute atomic E-state index is 12.5. The number of carbonyl (C=O) groups is 1. The van der Waals surface area contributed by atoms with E-state index >= 15 is 0 Å². The minimum atomic E-state index is -0.0922. The van der Waals surface area contributed by atoms with Gasteiger partial charge in [-0.15, -0.1) is 5.10 Å². The molecular weight excluding hydrogens is 406 g/mol.